The van der Waals surface area contributed by atoms with Gasteiger partial charge in [-0.15, -0.1) is 0 Å². The van der Waals surface area contributed by atoms with Crippen LogP contribution in [0.15, 0.2) is 41.2 Å². The first-order valence-electron chi connectivity index (χ1n) is 6.38. The highest BCUT2D eigenvalue weighted by Gasteiger charge is 2.01. The van der Waals surface area contributed by atoms with Gasteiger partial charge in [0.25, 0.3) is 0 Å². The molecule has 0 unspecified atom stereocenters. The summed E-state index contributed by atoms with van der Waals surface area (Å²) < 4.78 is 10.5. The average Bonchev–Trinajstić information content (AvgIpc) is 2.89. The van der Waals surface area contributed by atoms with Gasteiger partial charge >= 0.3 is 0 Å². The first-order valence-corrected chi connectivity index (χ1v) is 6.38. The van der Waals surface area contributed by atoms with E-state index in [0.29, 0.717) is 0 Å². The Morgan fingerprint density at radius 2 is 1.94 bits per heavy atom. The fraction of sp³-hybridized carbons (Fsp3) is 0.400. The van der Waals surface area contributed by atoms with E-state index in [-0.39, 0.29) is 0 Å². The van der Waals surface area contributed by atoms with E-state index < -0.39 is 0 Å². The molecule has 0 fully saturated rings. The molecule has 0 bridgehead atoms. The van der Waals surface area contributed by atoms with Gasteiger partial charge in [-0.25, -0.2) is 0 Å². The lowest BCUT2D eigenvalue weighted by molar-refractivity contribution is 0.298. The highest BCUT2D eigenvalue weighted by Crippen LogP contribution is 2.21. The first kappa shape index (κ1) is 12.7. The molecule has 96 valence electrons. The summed E-state index contributed by atoms with van der Waals surface area (Å²) in [5.41, 5.74) is 2.08. The van der Waals surface area contributed by atoms with Gasteiger partial charge in [-0.1, -0.05) is 31.1 Å². The van der Waals surface area contributed by atoms with Gasteiger partial charge in [-0.3, -0.25) is 0 Å². The van der Waals surface area contributed by atoms with Crippen molar-refractivity contribution in [1.29, 1.82) is 0 Å². The Morgan fingerprint density at radius 1 is 1.17 bits per heavy atom. The molecule has 0 aliphatic heterocycles. The van der Waals surface area contributed by atoms with E-state index in [2.05, 4.69) is 19.0 Å². The molecule has 0 saturated carbocycles. The van der Waals surface area contributed by atoms with Crippen LogP contribution in [0, 0.1) is 5.92 Å². The molecule has 1 heterocycles. The van der Waals surface area contributed by atoms with E-state index in [1.165, 1.54) is 6.42 Å². The molecule has 1 aromatic heterocycles. The fourth-order valence-electron chi connectivity index (χ4n) is 1.77. The van der Waals surface area contributed by atoms with Crippen molar-refractivity contribution in [3.63, 3.8) is 0 Å². The van der Waals surface area contributed by atoms with Crippen molar-refractivity contribution in [3.8, 4) is 16.9 Å². The van der Waals surface area contributed by atoms with Crippen LogP contribution >= 0.6 is 0 Å². The zero-order chi connectivity index (χ0) is 12.8. The third-order valence-electron chi connectivity index (χ3n) is 2.81. The lowest BCUT2D eigenvalue weighted by Crippen LogP contribution is -1.99. The zero-order valence-electron chi connectivity index (χ0n) is 10.9. The summed E-state index contributed by atoms with van der Waals surface area (Å²) in [4.78, 5) is 0. The summed E-state index contributed by atoms with van der Waals surface area (Å²) >= 11 is 0. The molecule has 0 saturated heterocycles. The molecule has 0 aliphatic rings. The topological polar surface area (TPSA) is 35.3 Å². The number of aromatic nitrogens is 1. The molecule has 0 N–H and O–H groups in total. The molecule has 0 spiro atoms. The predicted molar refractivity (Wildman–Crippen MR) is 71.5 cm³/mol. The molecule has 18 heavy (non-hydrogen) atoms. The summed E-state index contributed by atoms with van der Waals surface area (Å²) in [6.07, 6.45) is 5.65. The molecule has 1 aromatic carbocycles. The summed E-state index contributed by atoms with van der Waals surface area (Å²) in [5, 5.41) is 3.69. The van der Waals surface area contributed by atoms with Crippen LogP contribution in [0.5, 0.6) is 5.75 Å². The van der Waals surface area contributed by atoms with Crippen LogP contribution < -0.4 is 4.74 Å². The predicted octanol–water partition coefficient (Wildman–Crippen LogP) is 4.16. The van der Waals surface area contributed by atoms with Crippen LogP contribution in [0.1, 0.15) is 26.7 Å². The van der Waals surface area contributed by atoms with Crippen molar-refractivity contribution in [1.82, 2.24) is 5.16 Å². The first-order chi connectivity index (χ1) is 8.75. The van der Waals surface area contributed by atoms with Crippen LogP contribution in [0.25, 0.3) is 11.1 Å². The standard InChI is InChI=1S/C15H19NO2/c1-12(2)4-3-9-17-15-7-5-13(6-8-15)14-10-16-18-11-14/h5-8,10-12H,3-4,9H2,1-2H3. The molecule has 2 aromatic rings. The van der Waals surface area contributed by atoms with E-state index in [1.807, 2.05) is 24.3 Å². The number of hydrogen-bond acceptors (Lipinski definition) is 3. The third kappa shape index (κ3) is 3.62. The van der Waals surface area contributed by atoms with E-state index in [0.717, 1.165) is 35.8 Å². The van der Waals surface area contributed by atoms with Crippen molar-refractivity contribution >= 4 is 0 Å². The average molecular weight is 245 g/mol. The molecular formula is C15H19NO2. The van der Waals surface area contributed by atoms with E-state index >= 15 is 0 Å². The summed E-state index contributed by atoms with van der Waals surface area (Å²) in [5.74, 6) is 1.66. The van der Waals surface area contributed by atoms with Gasteiger partial charge in [0.15, 0.2) is 0 Å². The van der Waals surface area contributed by atoms with Crippen molar-refractivity contribution in [2.45, 2.75) is 26.7 Å². The van der Waals surface area contributed by atoms with E-state index in [9.17, 15) is 0 Å². The van der Waals surface area contributed by atoms with E-state index in [4.69, 9.17) is 9.26 Å². The van der Waals surface area contributed by atoms with Crippen LogP contribution in [0.3, 0.4) is 0 Å². The second-order valence-electron chi connectivity index (χ2n) is 4.82. The number of hydrogen-bond donors (Lipinski definition) is 0. The van der Waals surface area contributed by atoms with Gasteiger partial charge in [-0.2, -0.15) is 0 Å². The van der Waals surface area contributed by atoms with Crippen LogP contribution in [-0.4, -0.2) is 11.8 Å². The minimum absolute atomic E-state index is 0.740. The van der Waals surface area contributed by atoms with Crippen molar-refractivity contribution in [2.24, 2.45) is 5.92 Å². The highest BCUT2D eigenvalue weighted by atomic mass is 16.5. The van der Waals surface area contributed by atoms with E-state index in [1.54, 1.807) is 12.5 Å². The third-order valence-corrected chi connectivity index (χ3v) is 2.81. The largest absolute Gasteiger partial charge is 0.494 e. The Labute approximate surface area is 108 Å². The minimum Gasteiger partial charge on any atom is -0.494 e. The number of rotatable bonds is 6. The Bertz CT molecular complexity index is 446. The van der Waals surface area contributed by atoms with Crippen LogP contribution in [0.4, 0.5) is 0 Å². The second kappa shape index (κ2) is 6.24. The molecule has 3 nitrogen and oxygen atoms in total. The number of nitrogens with zero attached hydrogens (tertiary/aromatic N) is 1. The normalized spacial score (nSPS) is 10.8. The smallest absolute Gasteiger partial charge is 0.131 e. The Morgan fingerprint density at radius 3 is 2.56 bits per heavy atom. The van der Waals surface area contributed by atoms with Crippen molar-refractivity contribution in [3.05, 3.63) is 36.7 Å². The highest BCUT2D eigenvalue weighted by molar-refractivity contribution is 5.61. The maximum Gasteiger partial charge on any atom is 0.131 e. The fourth-order valence-corrected chi connectivity index (χ4v) is 1.77. The quantitative estimate of drug-likeness (QED) is 0.717. The lowest BCUT2D eigenvalue weighted by Gasteiger charge is -2.08. The Balaban J connectivity index is 1.84. The van der Waals surface area contributed by atoms with Crippen molar-refractivity contribution < 1.29 is 9.26 Å². The number of ether oxygens (including phenoxy) is 1. The molecule has 0 radical (unpaired) electrons. The molecule has 3 heteroatoms. The van der Waals surface area contributed by atoms with Crippen molar-refractivity contribution in [2.75, 3.05) is 6.61 Å². The molecule has 0 atom stereocenters. The monoisotopic (exact) mass is 245 g/mol. The minimum atomic E-state index is 0.740. The van der Waals surface area contributed by atoms with Gasteiger partial charge in [0.2, 0.25) is 0 Å². The van der Waals surface area contributed by atoms with Gasteiger partial charge in [0, 0.05) is 5.56 Å². The van der Waals surface area contributed by atoms with Gasteiger partial charge < -0.3 is 9.26 Å². The molecule has 0 amide bonds. The summed E-state index contributed by atoms with van der Waals surface area (Å²) in [7, 11) is 0. The van der Waals surface area contributed by atoms with Gasteiger partial charge in [-0.05, 0) is 36.5 Å². The maximum absolute atomic E-state index is 5.69. The maximum atomic E-state index is 5.69. The van der Waals surface area contributed by atoms with Gasteiger partial charge in [0.05, 0.1) is 12.8 Å². The SMILES string of the molecule is CC(C)CCCOc1ccc(-c2cnoc2)cc1. The lowest BCUT2D eigenvalue weighted by atomic mass is 10.1. The zero-order valence-corrected chi connectivity index (χ0v) is 10.9. The summed E-state index contributed by atoms with van der Waals surface area (Å²) in [6.45, 7) is 5.24. The summed E-state index contributed by atoms with van der Waals surface area (Å²) in [6, 6.07) is 8.00. The second-order valence-corrected chi connectivity index (χ2v) is 4.82. The molecular weight excluding hydrogens is 226 g/mol. The van der Waals surface area contributed by atoms with Crippen LogP contribution in [-0.2, 0) is 0 Å². The van der Waals surface area contributed by atoms with Gasteiger partial charge in [0.1, 0.15) is 12.0 Å². The van der Waals surface area contributed by atoms with Crippen LogP contribution in [0.2, 0.25) is 0 Å². The molecule has 2 rings (SSSR count). The Hall–Kier alpha value is -1.77. The number of benzene rings is 1. The molecule has 0 aliphatic carbocycles. The Kier molecular flexibility index (Phi) is 4.40.